The molecule has 0 fully saturated rings. The highest BCUT2D eigenvalue weighted by Gasteiger charge is 2.36. The summed E-state index contributed by atoms with van der Waals surface area (Å²) in [5.74, 6) is -0.883. The van der Waals surface area contributed by atoms with Crippen molar-refractivity contribution in [2.45, 2.75) is 46.2 Å². The van der Waals surface area contributed by atoms with Gasteiger partial charge < -0.3 is 4.74 Å². The number of carbonyl (C=O) groups is 1. The number of allylic oxidation sites excluding steroid dienone is 1. The third-order valence-electron chi connectivity index (χ3n) is 2.16. The molecule has 0 saturated heterocycles. The summed E-state index contributed by atoms with van der Waals surface area (Å²) >= 11 is 0. The molecule has 0 aliphatic rings. The van der Waals surface area contributed by atoms with Gasteiger partial charge in [-0.1, -0.05) is 13.3 Å². The van der Waals surface area contributed by atoms with Crippen molar-refractivity contribution in [2.24, 2.45) is 0 Å². The molecule has 0 aromatic heterocycles. The minimum Gasteiger partial charge on any atom is -0.463 e. The van der Waals surface area contributed by atoms with Gasteiger partial charge in [-0.3, -0.25) is 0 Å². The van der Waals surface area contributed by atoms with Crippen LogP contribution in [0.25, 0.3) is 0 Å². The van der Waals surface area contributed by atoms with Crippen LogP contribution in [-0.4, -0.2) is 18.8 Å². The van der Waals surface area contributed by atoms with Gasteiger partial charge in [0.25, 0.3) is 0 Å². The molecule has 0 amide bonds. The Hall–Kier alpha value is -1.00. The van der Waals surface area contributed by atoms with Gasteiger partial charge in [-0.25, -0.2) is 4.79 Å². The smallest absolute Gasteiger partial charge is 0.413 e. The number of hydrogen-bond acceptors (Lipinski definition) is 2. The number of unbranched alkanes of at least 4 members (excludes halogenated alkanes) is 1. The van der Waals surface area contributed by atoms with Gasteiger partial charge in [0.1, 0.15) is 0 Å². The third-order valence-corrected chi connectivity index (χ3v) is 2.16. The number of alkyl halides is 3. The van der Waals surface area contributed by atoms with E-state index >= 15 is 0 Å². The zero-order chi connectivity index (χ0) is 12.8. The van der Waals surface area contributed by atoms with Crippen molar-refractivity contribution in [2.75, 3.05) is 6.61 Å². The predicted octanol–water partition coefficient (Wildman–Crippen LogP) is 3.62. The Kier molecular flexibility index (Phi) is 6.14. The maximum atomic E-state index is 12.6. The first-order valence-corrected chi connectivity index (χ1v) is 5.28. The van der Waals surface area contributed by atoms with E-state index in [2.05, 4.69) is 4.74 Å². The molecular weight excluding hydrogens is 221 g/mol. The monoisotopic (exact) mass is 238 g/mol. The molecule has 0 atom stereocenters. The van der Waals surface area contributed by atoms with Crippen LogP contribution in [0.5, 0.6) is 0 Å². The average molecular weight is 238 g/mol. The maximum absolute atomic E-state index is 12.6. The van der Waals surface area contributed by atoms with E-state index in [9.17, 15) is 18.0 Å². The minimum absolute atomic E-state index is 0.0785. The SMILES string of the molecule is CCCC/C(=C(\C)C(=O)OCC)C(F)(F)F. The number of hydrogen-bond donors (Lipinski definition) is 0. The van der Waals surface area contributed by atoms with E-state index in [0.29, 0.717) is 12.8 Å². The Labute approximate surface area is 93.5 Å². The molecule has 0 aliphatic heterocycles. The number of esters is 1. The van der Waals surface area contributed by atoms with Gasteiger partial charge in [-0.15, -0.1) is 0 Å². The summed E-state index contributed by atoms with van der Waals surface area (Å²) in [6.07, 6.45) is -3.53. The number of ether oxygens (including phenoxy) is 1. The topological polar surface area (TPSA) is 26.3 Å². The van der Waals surface area contributed by atoms with E-state index in [1.807, 2.05) is 0 Å². The number of rotatable bonds is 5. The Morgan fingerprint density at radius 1 is 1.25 bits per heavy atom. The van der Waals surface area contributed by atoms with Crippen LogP contribution in [0.2, 0.25) is 0 Å². The summed E-state index contributed by atoms with van der Waals surface area (Å²) < 4.78 is 42.4. The molecule has 0 rings (SSSR count). The van der Waals surface area contributed by atoms with Gasteiger partial charge in [-0.05, 0) is 26.7 Å². The lowest BCUT2D eigenvalue weighted by atomic mass is 10.0. The summed E-state index contributed by atoms with van der Waals surface area (Å²) in [4.78, 5) is 11.2. The first kappa shape index (κ1) is 15.0. The van der Waals surface area contributed by atoms with Crippen LogP contribution >= 0.6 is 0 Å². The Bertz CT molecular complexity index is 267. The second kappa shape index (κ2) is 6.55. The highest BCUT2D eigenvalue weighted by molar-refractivity contribution is 5.88. The highest BCUT2D eigenvalue weighted by atomic mass is 19.4. The van der Waals surface area contributed by atoms with Gasteiger partial charge in [0.05, 0.1) is 6.61 Å². The molecule has 2 nitrogen and oxygen atoms in total. The minimum atomic E-state index is -4.45. The van der Waals surface area contributed by atoms with Crippen molar-refractivity contribution in [1.29, 1.82) is 0 Å². The molecule has 0 N–H and O–H groups in total. The summed E-state index contributed by atoms with van der Waals surface area (Å²) in [5, 5.41) is 0. The molecule has 0 radical (unpaired) electrons. The highest BCUT2D eigenvalue weighted by Crippen LogP contribution is 2.32. The van der Waals surface area contributed by atoms with Crippen LogP contribution in [0, 0.1) is 0 Å². The standard InChI is InChI=1S/C11H17F3O2/c1-4-6-7-9(11(12,13)14)8(3)10(15)16-5-2/h4-7H2,1-3H3/b9-8-. The van der Waals surface area contributed by atoms with Crippen molar-refractivity contribution >= 4 is 5.97 Å². The van der Waals surface area contributed by atoms with Crippen LogP contribution < -0.4 is 0 Å². The van der Waals surface area contributed by atoms with Gasteiger partial charge in [-0.2, -0.15) is 13.2 Å². The molecular formula is C11H17F3O2. The van der Waals surface area contributed by atoms with Gasteiger partial charge >= 0.3 is 12.1 Å². The van der Waals surface area contributed by atoms with Crippen molar-refractivity contribution in [3.8, 4) is 0 Å². The zero-order valence-electron chi connectivity index (χ0n) is 9.78. The summed E-state index contributed by atoms with van der Waals surface area (Å²) in [5.41, 5.74) is -1.10. The fourth-order valence-electron chi connectivity index (χ4n) is 1.26. The second-order valence-electron chi connectivity index (χ2n) is 3.43. The lowest BCUT2D eigenvalue weighted by Crippen LogP contribution is -2.18. The fraction of sp³-hybridized carbons (Fsp3) is 0.727. The van der Waals surface area contributed by atoms with Gasteiger partial charge in [0.15, 0.2) is 0 Å². The summed E-state index contributed by atoms with van der Waals surface area (Å²) in [6, 6.07) is 0. The van der Waals surface area contributed by atoms with E-state index in [0.717, 1.165) is 6.92 Å². The van der Waals surface area contributed by atoms with Crippen LogP contribution in [-0.2, 0) is 9.53 Å². The second-order valence-corrected chi connectivity index (χ2v) is 3.43. The molecule has 0 spiro atoms. The van der Waals surface area contributed by atoms with Crippen molar-refractivity contribution in [1.82, 2.24) is 0 Å². The van der Waals surface area contributed by atoms with Gasteiger partial charge in [0.2, 0.25) is 0 Å². The normalized spacial score (nSPS) is 13.4. The largest absolute Gasteiger partial charge is 0.463 e. The molecule has 0 aromatic rings. The zero-order valence-corrected chi connectivity index (χ0v) is 9.78. The van der Waals surface area contributed by atoms with E-state index in [1.54, 1.807) is 13.8 Å². The molecule has 0 heterocycles. The Morgan fingerprint density at radius 3 is 2.19 bits per heavy atom. The van der Waals surface area contributed by atoms with E-state index < -0.39 is 17.7 Å². The molecule has 16 heavy (non-hydrogen) atoms. The number of carbonyl (C=O) groups excluding carboxylic acids is 1. The Balaban J connectivity index is 4.97. The quantitative estimate of drug-likeness (QED) is 0.540. The van der Waals surface area contributed by atoms with E-state index in [4.69, 9.17) is 0 Å². The van der Waals surface area contributed by atoms with E-state index in [1.165, 1.54) is 0 Å². The van der Waals surface area contributed by atoms with E-state index in [-0.39, 0.29) is 18.6 Å². The van der Waals surface area contributed by atoms with Crippen molar-refractivity contribution < 1.29 is 22.7 Å². The third kappa shape index (κ3) is 4.68. The maximum Gasteiger partial charge on any atom is 0.413 e. The molecule has 5 heteroatoms. The Morgan fingerprint density at radius 2 is 1.81 bits per heavy atom. The summed E-state index contributed by atoms with van der Waals surface area (Å²) in [6.45, 7) is 4.60. The van der Waals surface area contributed by atoms with Crippen LogP contribution in [0.1, 0.15) is 40.0 Å². The first-order chi connectivity index (χ1) is 7.34. The lowest BCUT2D eigenvalue weighted by molar-refractivity contribution is -0.139. The first-order valence-electron chi connectivity index (χ1n) is 5.28. The molecule has 94 valence electrons. The van der Waals surface area contributed by atoms with Gasteiger partial charge in [0, 0.05) is 11.1 Å². The fourth-order valence-corrected chi connectivity index (χ4v) is 1.26. The molecule has 0 aliphatic carbocycles. The summed E-state index contributed by atoms with van der Waals surface area (Å²) in [7, 11) is 0. The molecule has 0 aromatic carbocycles. The van der Waals surface area contributed by atoms with Crippen molar-refractivity contribution in [3.63, 3.8) is 0 Å². The van der Waals surface area contributed by atoms with Crippen LogP contribution in [0.3, 0.4) is 0 Å². The predicted molar refractivity (Wildman–Crippen MR) is 54.9 cm³/mol. The average Bonchev–Trinajstić information content (AvgIpc) is 2.16. The molecule has 0 bridgehead atoms. The lowest BCUT2D eigenvalue weighted by Gasteiger charge is -2.14. The van der Waals surface area contributed by atoms with Crippen LogP contribution in [0.15, 0.2) is 11.1 Å². The molecule has 0 saturated carbocycles. The molecule has 0 unspecified atom stereocenters. The van der Waals surface area contributed by atoms with Crippen LogP contribution in [0.4, 0.5) is 13.2 Å². The van der Waals surface area contributed by atoms with Crippen molar-refractivity contribution in [3.05, 3.63) is 11.1 Å². The number of halogens is 3.